The quantitative estimate of drug-likeness (QED) is 0.679. The highest BCUT2D eigenvalue weighted by atomic mass is 32.2. The Hall–Kier alpha value is -0.0900. The van der Waals surface area contributed by atoms with Gasteiger partial charge in [-0.3, -0.25) is 0 Å². The second kappa shape index (κ2) is 6.38. The SMILES string of the molecule is CCNCC(C)CCS(=O)(=O)CC. The first-order valence-corrected chi connectivity index (χ1v) is 6.75. The Balaban J connectivity index is 3.63. The van der Waals surface area contributed by atoms with E-state index < -0.39 is 9.84 Å². The molecule has 0 aromatic carbocycles. The number of rotatable bonds is 7. The van der Waals surface area contributed by atoms with Crippen LogP contribution in [0, 0.1) is 5.92 Å². The zero-order valence-corrected chi connectivity index (χ0v) is 9.65. The lowest BCUT2D eigenvalue weighted by Gasteiger charge is -2.10. The maximum atomic E-state index is 11.2. The van der Waals surface area contributed by atoms with Crippen molar-refractivity contribution in [2.45, 2.75) is 27.2 Å². The first-order valence-electron chi connectivity index (χ1n) is 4.93. The minimum absolute atomic E-state index is 0.265. The largest absolute Gasteiger partial charge is 0.317 e. The third-order valence-corrected chi connectivity index (χ3v) is 3.84. The van der Waals surface area contributed by atoms with E-state index in [9.17, 15) is 8.42 Å². The van der Waals surface area contributed by atoms with Crippen molar-refractivity contribution in [3.05, 3.63) is 0 Å². The molecule has 0 aromatic heterocycles. The van der Waals surface area contributed by atoms with Crippen LogP contribution in [0.25, 0.3) is 0 Å². The van der Waals surface area contributed by atoms with Crippen molar-refractivity contribution in [1.82, 2.24) is 5.32 Å². The third-order valence-electron chi connectivity index (χ3n) is 2.10. The van der Waals surface area contributed by atoms with Crippen LogP contribution in [0.3, 0.4) is 0 Å². The van der Waals surface area contributed by atoms with Gasteiger partial charge < -0.3 is 5.32 Å². The molecule has 0 rings (SSSR count). The van der Waals surface area contributed by atoms with Crippen LogP contribution in [0.1, 0.15) is 27.2 Å². The molecule has 0 aliphatic heterocycles. The highest BCUT2D eigenvalue weighted by Gasteiger charge is 2.09. The van der Waals surface area contributed by atoms with Gasteiger partial charge in [-0.1, -0.05) is 20.8 Å². The van der Waals surface area contributed by atoms with Crippen LogP contribution >= 0.6 is 0 Å². The fourth-order valence-electron chi connectivity index (χ4n) is 1.02. The Bertz CT molecular complexity index is 212. The van der Waals surface area contributed by atoms with Gasteiger partial charge >= 0.3 is 0 Å². The van der Waals surface area contributed by atoms with Crippen LogP contribution in [-0.4, -0.2) is 33.0 Å². The smallest absolute Gasteiger partial charge is 0.150 e. The molecule has 0 radical (unpaired) electrons. The molecule has 1 atom stereocenters. The van der Waals surface area contributed by atoms with E-state index in [-0.39, 0.29) is 5.75 Å². The molecular weight excluding hydrogens is 186 g/mol. The monoisotopic (exact) mass is 207 g/mol. The van der Waals surface area contributed by atoms with Gasteiger partial charge in [0.05, 0.1) is 5.75 Å². The summed E-state index contributed by atoms with van der Waals surface area (Å²) < 4.78 is 22.3. The topological polar surface area (TPSA) is 46.2 Å². The maximum absolute atomic E-state index is 11.2. The van der Waals surface area contributed by atoms with Crippen molar-refractivity contribution in [3.8, 4) is 0 Å². The molecule has 0 bridgehead atoms. The Morgan fingerprint density at radius 1 is 1.31 bits per heavy atom. The molecule has 0 aliphatic rings. The first kappa shape index (κ1) is 12.9. The average Bonchev–Trinajstić information content (AvgIpc) is 2.11. The van der Waals surface area contributed by atoms with Crippen LogP contribution in [0.2, 0.25) is 0 Å². The summed E-state index contributed by atoms with van der Waals surface area (Å²) in [5.74, 6) is 1.04. The lowest BCUT2D eigenvalue weighted by molar-refractivity contribution is 0.504. The highest BCUT2D eigenvalue weighted by molar-refractivity contribution is 7.91. The van der Waals surface area contributed by atoms with Crippen LogP contribution in [0.15, 0.2) is 0 Å². The minimum Gasteiger partial charge on any atom is -0.317 e. The Morgan fingerprint density at radius 2 is 1.92 bits per heavy atom. The number of sulfone groups is 1. The number of hydrogen-bond donors (Lipinski definition) is 1. The summed E-state index contributed by atoms with van der Waals surface area (Å²) in [6, 6.07) is 0. The normalized spacial score (nSPS) is 14.4. The van der Waals surface area contributed by atoms with Gasteiger partial charge in [0.1, 0.15) is 9.84 Å². The molecule has 4 heteroatoms. The summed E-state index contributed by atoms with van der Waals surface area (Å²) in [6.45, 7) is 7.69. The summed E-state index contributed by atoms with van der Waals surface area (Å²) in [5.41, 5.74) is 0. The summed E-state index contributed by atoms with van der Waals surface area (Å²) in [6.07, 6.45) is 0.767. The third kappa shape index (κ3) is 7.02. The van der Waals surface area contributed by atoms with Crippen molar-refractivity contribution < 1.29 is 8.42 Å². The molecular formula is C9H21NO2S. The molecule has 0 fully saturated rings. The van der Waals surface area contributed by atoms with E-state index in [1.807, 2.05) is 0 Å². The summed E-state index contributed by atoms with van der Waals surface area (Å²) >= 11 is 0. The van der Waals surface area contributed by atoms with E-state index in [1.165, 1.54) is 0 Å². The van der Waals surface area contributed by atoms with Crippen molar-refractivity contribution in [3.63, 3.8) is 0 Å². The summed E-state index contributed by atoms with van der Waals surface area (Å²) in [7, 11) is -2.77. The van der Waals surface area contributed by atoms with Gasteiger partial charge in [0.15, 0.2) is 0 Å². The Morgan fingerprint density at radius 3 is 2.38 bits per heavy atom. The number of hydrogen-bond acceptors (Lipinski definition) is 3. The van der Waals surface area contributed by atoms with E-state index in [4.69, 9.17) is 0 Å². The summed E-state index contributed by atoms with van der Waals surface area (Å²) in [4.78, 5) is 0. The van der Waals surface area contributed by atoms with Crippen molar-refractivity contribution >= 4 is 9.84 Å². The van der Waals surface area contributed by atoms with Crippen LogP contribution in [0.4, 0.5) is 0 Å². The Labute approximate surface area is 81.8 Å². The molecule has 0 aromatic rings. The van der Waals surface area contributed by atoms with Crippen LogP contribution in [-0.2, 0) is 9.84 Å². The van der Waals surface area contributed by atoms with Gasteiger partial charge in [0, 0.05) is 5.75 Å². The Kier molecular flexibility index (Phi) is 6.33. The minimum atomic E-state index is -2.77. The highest BCUT2D eigenvalue weighted by Crippen LogP contribution is 2.03. The van der Waals surface area contributed by atoms with E-state index in [2.05, 4.69) is 19.2 Å². The van der Waals surface area contributed by atoms with Crippen molar-refractivity contribution in [1.29, 1.82) is 0 Å². The molecule has 0 heterocycles. The van der Waals surface area contributed by atoms with Gasteiger partial charge in [0.25, 0.3) is 0 Å². The second-order valence-corrected chi connectivity index (χ2v) is 5.91. The molecule has 1 unspecified atom stereocenters. The second-order valence-electron chi connectivity index (χ2n) is 3.44. The van der Waals surface area contributed by atoms with E-state index in [1.54, 1.807) is 6.92 Å². The fraction of sp³-hybridized carbons (Fsp3) is 1.00. The molecule has 0 saturated carbocycles. The van der Waals surface area contributed by atoms with Gasteiger partial charge in [-0.25, -0.2) is 8.42 Å². The van der Waals surface area contributed by atoms with Gasteiger partial charge in [0.2, 0.25) is 0 Å². The van der Waals surface area contributed by atoms with Crippen molar-refractivity contribution in [2.75, 3.05) is 24.6 Å². The fourth-order valence-corrected chi connectivity index (χ4v) is 2.07. The van der Waals surface area contributed by atoms with Crippen molar-refractivity contribution in [2.24, 2.45) is 5.92 Å². The standard InChI is InChI=1S/C9H21NO2S/c1-4-10-8-9(3)6-7-13(11,12)5-2/h9-10H,4-8H2,1-3H3. The van der Waals surface area contributed by atoms with Crippen LogP contribution in [0.5, 0.6) is 0 Å². The lowest BCUT2D eigenvalue weighted by atomic mass is 10.1. The lowest BCUT2D eigenvalue weighted by Crippen LogP contribution is -2.22. The molecule has 0 aliphatic carbocycles. The zero-order chi connectivity index (χ0) is 10.3. The molecule has 3 nitrogen and oxygen atoms in total. The predicted octanol–water partition coefficient (Wildman–Crippen LogP) is 1.06. The van der Waals surface area contributed by atoms with Crippen LogP contribution < -0.4 is 5.32 Å². The molecule has 1 N–H and O–H groups in total. The van der Waals surface area contributed by atoms with E-state index in [0.29, 0.717) is 11.7 Å². The molecule has 80 valence electrons. The van der Waals surface area contributed by atoms with Gasteiger partial charge in [-0.2, -0.15) is 0 Å². The average molecular weight is 207 g/mol. The predicted molar refractivity (Wildman–Crippen MR) is 56.7 cm³/mol. The van der Waals surface area contributed by atoms with E-state index >= 15 is 0 Å². The van der Waals surface area contributed by atoms with Gasteiger partial charge in [-0.05, 0) is 25.4 Å². The molecule has 13 heavy (non-hydrogen) atoms. The van der Waals surface area contributed by atoms with E-state index in [0.717, 1.165) is 19.5 Å². The first-order chi connectivity index (χ1) is 6.02. The number of nitrogens with one attached hydrogen (secondary N) is 1. The zero-order valence-electron chi connectivity index (χ0n) is 8.84. The summed E-state index contributed by atoms with van der Waals surface area (Å²) in [5, 5.41) is 3.21. The maximum Gasteiger partial charge on any atom is 0.150 e. The molecule has 0 saturated heterocycles. The molecule has 0 spiro atoms. The van der Waals surface area contributed by atoms with Gasteiger partial charge in [-0.15, -0.1) is 0 Å². The molecule has 0 amide bonds.